The largest absolute Gasteiger partial charge is 0.391 e. The molecule has 3 fully saturated rings. The highest BCUT2D eigenvalue weighted by Crippen LogP contribution is 2.33. The lowest BCUT2D eigenvalue weighted by Gasteiger charge is -2.49. The van der Waals surface area contributed by atoms with Crippen molar-refractivity contribution in [3.63, 3.8) is 0 Å². The van der Waals surface area contributed by atoms with E-state index in [-0.39, 0.29) is 6.10 Å². The monoisotopic (exact) mass is 218 g/mol. The standard InChI is InChI=1S/C13H18N2O/c16-13-11-3-6-15(7-4-11)12(13)8-10-2-1-5-14-9-10/h1-2,5,9,11-13,16H,3-4,6-8H2/t12-,13+/m1/s1. The van der Waals surface area contributed by atoms with E-state index in [0.717, 1.165) is 19.5 Å². The van der Waals surface area contributed by atoms with Crippen molar-refractivity contribution >= 4 is 0 Å². The molecule has 0 saturated carbocycles. The summed E-state index contributed by atoms with van der Waals surface area (Å²) in [5.41, 5.74) is 1.24. The molecule has 0 unspecified atom stereocenters. The first-order valence-electron chi connectivity index (χ1n) is 6.15. The predicted molar refractivity (Wildman–Crippen MR) is 62.0 cm³/mol. The van der Waals surface area contributed by atoms with E-state index in [1.807, 2.05) is 12.3 Å². The third-order valence-corrected chi connectivity index (χ3v) is 4.09. The SMILES string of the molecule is O[C@H]1C2CCN(CC2)[C@@H]1Cc1cccnc1. The van der Waals surface area contributed by atoms with Gasteiger partial charge in [-0.25, -0.2) is 0 Å². The van der Waals surface area contributed by atoms with Crippen molar-refractivity contribution in [2.24, 2.45) is 5.92 Å². The van der Waals surface area contributed by atoms with Gasteiger partial charge in [-0.1, -0.05) is 6.07 Å². The van der Waals surface area contributed by atoms with Gasteiger partial charge in [-0.2, -0.15) is 0 Å². The molecule has 86 valence electrons. The van der Waals surface area contributed by atoms with Crippen LogP contribution in [0.25, 0.3) is 0 Å². The van der Waals surface area contributed by atoms with Crippen LogP contribution in [0.2, 0.25) is 0 Å². The van der Waals surface area contributed by atoms with E-state index in [4.69, 9.17) is 0 Å². The molecule has 1 aromatic rings. The summed E-state index contributed by atoms with van der Waals surface area (Å²) < 4.78 is 0. The fourth-order valence-corrected chi connectivity index (χ4v) is 3.13. The number of piperidine rings is 3. The van der Waals surface area contributed by atoms with Crippen LogP contribution in [-0.2, 0) is 6.42 Å². The zero-order valence-corrected chi connectivity index (χ0v) is 9.42. The van der Waals surface area contributed by atoms with Gasteiger partial charge >= 0.3 is 0 Å². The van der Waals surface area contributed by atoms with Crippen LogP contribution in [0.5, 0.6) is 0 Å². The van der Waals surface area contributed by atoms with Crippen LogP contribution in [0.4, 0.5) is 0 Å². The average molecular weight is 218 g/mol. The fourth-order valence-electron chi connectivity index (χ4n) is 3.13. The minimum atomic E-state index is -0.136. The Balaban J connectivity index is 1.75. The van der Waals surface area contributed by atoms with Crippen molar-refractivity contribution in [3.8, 4) is 0 Å². The molecule has 0 aromatic carbocycles. The van der Waals surface area contributed by atoms with Gasteiger partial charge in [0.2, 0.25) is 0 Å². The minimum Gasteiger partial charge on any atom is -0.391 e. The Morgan fingerprint density at radius 2 is 2.19 bits per heavy atom. The molecule has 4 rings (SSSR count). The van der Waals surface area contributed by atoms with Gasteiger partial charge in [-0.3, -0.25) is 9.88 Å². The first-order chi connectivity index (χ1) is 7.84. The van der Waals surface area contributed by atoms with E-state index >= 15 is 0 Å². The lowest BCUT2D eigenvalue weighted by molar-refractivity contribution is -0.0715. The summed E-state index contributed by atoms with van der Waals surface area (Å²) in [6.45, 7) is 2.32. The lowest BCUT2D eigenvalue weighted by atomic mass is 9.79. The van der Waals surface area contributed by atoms with Gasteiger partial charge in [0.05, 0.1) is 6.10 Å². The number of nitrogens with zero attached hydrogens (tertiary/aromatic N) is 2. The Labute approximate surface area is 96.1 Å². The highest BCUT2D eigenvalue weighted by Gasteiger charge is 2.40. The summed E-state index contributed by atoms with van der Waals surface area (Å²) in [4.78, 5) is 6.58. The second kappa shape index (κ2) is 4.15. The molecule has 2 atom stereocenters. The topological polar surface area (TPSA) is 36.4 Å². The molecule has 3 nitrogen and oxygen atoms in total. The molecule has 16 heavy (non-hydrogen) atoms. The second-order valence-electron chi connectivity index (χ2n) is 5.00. The molecule has 3 aliphatic heterocycles. The molecule has 4 heterocycles. The normalized spacial score (nSPS) is 37.6. The lowest BCUT2D eigenvalue weighted by Crippen LogP contribution is -2.58. The molecule has 3 heteroatoms. The van der Waals surface area contributed by atoms with Gasteiger partial charge in [0.25, 0.3) is 0 Å². The van der Waals surface area contributed by atoms with Crippen LogP contribution >= 0.6 is 0 Å². The van der Waals surface area contributed by atoms with Crippen LogP contribution in [0.15, 0.2) is 24.5 Å². The molecule has 1 aromatic heterocycles. The number of aromatic nitrogens is 1. The molecule has 0 aliphatic carbocycles. The zero-order chi connectivity index (χ0) is 11.0. The van der Waals surface area contributed by atoms with E-state index < -0.39 is 0 Å². The second-order valence-corrected chi connectivity index (χ2v) is 5.00. The van der Waals surface area contributed by atoms with Crippen LogP contribution in [0.1, 0.15) is 18.4 Å². The summed E-state index contributed by atoms with van der Waals surface area (Å²) in [5.74, 6) is 0.534. The summed E-state index contributed by atoms with van der Waals surface area (Å²) in [7, 11) is 0. The zero-order valence-electron chi connectivity index (χ0n) is 9.42. The van der Waals surface area contributed by atoms with Gasteiger partial charge in [0, 0.05) is 18.4 Å². The Bertz CT molecular complexity index is 344. The minimum absolute atomic E-state index is 0.136. The Morgan fingerprint density at radius 3 is 2.81 bits per heavy atom. The maximum absolute atomic E-state index is 10.3. The van der Waals surface area contributed by atoms with E-state index in [9.17, 15) is 5.11 Å². The molecule has 0 amide bonds. The van der Waals surface area contributed by atoms with Gasteiger partial charge in [-0.15, -0.1) is 0 Å². The molecule has 0 spiro atoms. The van der Waals surface area contributed by atoms with Crippen molar-refractivity contribution in [1.82, 2.24) is 9.88 Å². The van der Waals surface area contributed by atoms with Crippen LogP contribution in [-0.4, -0.2) is 40.2 Å². The summed E-state index contributed by atoms with van der Waals surface area (Å²) >= 11 is 0. The highest BCUT2D eigenvalue weighted by atomic mass is 16.3. The molecule has 1 N–H and O–H groups in total. The number of hydrogen-bond donors (Lipinski definition) is 1. The summed E-state index contributed by atoms with van der Waals surface area (Å²) in [5, 5.41) is 10.3. The van der Waals surface area contributed by atoms with Crippen LogP contribution in [0, 0.1) is 5.92 Å². The van der Waals surface area contributed by atoms with Crippen molar-refractivity contribution in [2.45, 2.75) is 31.4 Å². The molecule has 3 aliphatic rings. The molecule has 2 bridgehead atoms. The Morgan fingerprint density at radius 1 is 1.38 bits per heavy atom. The Kier molecular flexibility index (Phi) is 2.65. The van der Waals surface area contributed by atoms with Gasteiger partial charge in [0.1, 0.15) is 0 Å². The van der Waals surface area contributed by atoms with E-state index in [1.165, 1.54) is 18.4 Å². The van der Waals surface area contributed by atoms with Gasteiger partial charge in [0.15, 0.2) is 0 Å². The first-order valence-corrected chi connectivity index (χ1v) is 6.15. The average Bonchev–Trinajstić information content (AvgIpc) is 2.36. The molecular weight excluding hydrogens is 200 g/mol. The van der Waals surface area contributed by atoms with E-state index in [0.29, 0.717) is 12.0 Å². The number of hydrogen-bond acceptors (Lipinski definition) is 3. The molecule has 0 radical (unpaired) electrons. The van der Waals surface area contributed by atoms with E-state index in [1.54, 1.807) is 6.20 Å². The van der Waals surface area contributed by atoms with E-state index in [2.05, 4.69) is 16.0 Å². The highest BCUT2D eigenvalue weighted by molar-refractivity contribution is 5.12. The van der Waals surface area contributed by atoms with Crippen molar-refractivity contribution in [1.29, 1.82) is 0 Å². The number of aliphatic hydroxyl groups excluding tert-OH is 1. The smallest absolute Gasteiger partial charge is 0.0727 e. The third-order valence-electron chi connectivity index (χ3n) is 4.09. The van der Waals surface area contributed by atoms with Crippen LogP contribution in [0.3, 0.4) is 0 Å². The third kappa shape index (κ3) is 1.74. The number of aliphatic hydroxyl groups is 1. The quantitative estimate of drug-likeness (QED) is 0.807. The van der Waals surface area contributed by atoms with Gasteiger partial charge in [-0.05, 0) is 49.9 Å². The van der Waals surface area contributed by atoms with Gasteiger partial charge < -0.3 is 5.11 Å². The summed E-state index contributed by atoms with van der Waals surface area (Å²) in [6.07, 6.45) is 6.85. The summed E-state index contributed by atoms with van der Waals surface area (Å²) in [6, 6.07) is 4.39. The maximum Gasteiger partial charge on any atom is 0.0727 e. The fraction of sp³-hybridized carbons (Fsp3) is 0.615. The molecule has 3 saturated heterocycles. The first kappa shape index (κ1) is 10.2. The Hall–Kier alpha value is -0.930. The van der Waals surface area contributed by atoms with Crippen molar-refractivity contribution in [3.05, 3.63) is 30.1 Å². The number of fused-ring (bicyclic) bond motifs is 3. The van der Waals surface area contributed by atoms with Crippen molar-refractivity contribution in [2.75, 3.05) is 13.1 Å². The van der Waals surface area contributed by atoms with Crippen LogP contribution < -0.4 is 0 Å². The molecular formula is C13H18N2O. The maximum atomic E-state index is 10.3. The predicted octanol–water partition coefficient (Wildman–Crippen LogP) is 1.08. The number of pyridine rings is 1. The van der Waals surface area contributed by atoms with Crippen molar-refractivity contribution < 1.29 is 5.11 Å². The number of rotatable bonds is 2.